The van der Waals surface area contributed by atoms with Gasteiger partial charge in [0, 0.05) is 38.1 Å². The Morgan fingerprint density at radius 1 is 1.39 bits per heavy atom. The number of para-hydroxylation sites is 1. The lowest BCUT2D eigenvalue weighted by atomic mass is 9.99. The summed E-state index contributed by atoms with van der Waals surface area (Å²) < 4.78 is 5.38. The Kier molecular flexibility index (Phi) is 4.20. The maximum absolute atomic E-state index is 7.62. The van der Waals surface area contributed by atoms with Crippen LogP contribution >= 0.6 is 0 Å². The average molecular weight is 247 g/mol. The number of ether oxygens (including phenoxy) is 1. The van der Waals surface area contributed by atoms with Gasteiger partial charge in [-0.2, -0.15) is 0 Å². The summed E-state index contributed by atoms with van der Waals surface area (Å²) in [7, 11) is 2.07. The Morgan fingerprint density at radius 2 is 2.06 bits per heavy atom. The molecule has 1 fully saturated rings. The highest BCUT2D eigenvalue weighted by Crippen LogP contribution is 2.22. The lowest BCUT2D eigenvalue weighted by molar-refractivity contribution is 0.0685. The van der Waals surface area contributed by atoms with E-state index in [1.54, 1.807) is 0 Å². The van der Waals surface area contributed by atoms with Gasteiger partial charge in [-0.05, 0) is 30.9 Å². The van der Waals surface area contributed by atoms with Gasteiger partial charge in [0.05, 0.1) is 0 Å². The van der Waals surface area contributed by atoms with Crippen LogP contribution in [0.2, 0.25) is 0 Å². The summed E-state index contributed by atoms with van der Waals surface area (Å²) in [5, 5.41) is 7.62. The Labute approximate surface area is 108 Å². The average Bonchev–Trinajstić information content (AvgIpc) is 2.40. The second-order valence-electron chi connectivity index (χ2n) is 4.87. The molecule has 0 atom stereocenters. The summed E-state index contributed by atoms with van der Waals surface area (Å²) in [6.45, 7) is 2.73. The zero-order chi connectivity index (χ0) is 13.0. The Hall–Kier alpha value is -1.55. The van der Waals surface area contributed by atoms with Crippen LogP contribution in [0.5, 0.6) is 0 Å². The van der Waals surface area contributed by atoms with Crippen LogP contribution in [0.1, 0.15) is 18.4 Å². The molecule has 2 rings (SSSR count). The molecule has 0 aliphatic carbocycles. The van der Waals surface area contributed by atoms with Gasteiger partial charge in [0.25, 0.3) is 0 Å². The summed E-state index contributed by atoms with van der Waals surface area (Å²) in [4.78, 5) is 2.20. The minimum absolute atomic E-state index is 0.129. The Morgan fingerprint density at radius 3 is 2.72 bits per heavy atom. The van der Waals surface area contributed by atoms with E-state index in [0.29, 0.717) is 5.92 Å². The SMILES string of the molecule is CN(CC1CCOCC1)c1ccccc1C(=N)N. The molecule has 0 saturated carbocycles. The third-order valence-corrected chi connectivity index (χ3v) is 3.48. The van der Waals surface area contributed by atoms with Gasteiger partial charge in [-0.25, -0.2) is 0 Å². The maximum atomic E-state index is 7.62. The number of hydrogen-bond acceptors (Lipinski definition) is 3. The standard InChI is InChI=1S/C14H21N3O/c1-17(10-11-6-8-18-9-7-11)13-5-3-2-4-12(13)14(15)16/h2-5,11H,6-10H2,1H3,(H3,15,16). The summed E-state index contributed by atoms with van der Waals surface area (Å²) in [5.74, 6) is 0.799. The molecule has 4 heteroatoms. The third-order valence-electron chi connectivity index (χ3n) is 3.48. The molecule has 98 valence electrons. The number of anilines is 1. The molecule has 0 amide bonds. The van der Waals surface area contributed by atoms with Crippen molar-refractivity contribution in [3.05, 3.63) is 29.8 Å². The van der Waals surface area contributed by atoms with Gasteiger partial charge < -0.3 is 15.4 Å². The van der Waals surface area contributed by atoms with Gasteiger partial charge in [-0.3, -0.25) is 5.41 Å². The Balaban J connectivity index is 2.08. The number of benzene rings is 1. The fourth-order valence-electron chi connectivity index (χ4n) is 2.45. The van der Waals surface area contributed by atoms with Crippen LogP contribution in [0.15, 0.2) is 24.3 Å². The first-order valence-corrected chi connectivity index (χ1v) is 6.41. The summed E-state index contributed by atoms with van der Waals surface area (Å²) in [5.41, 5.74) is 7.47. The van der Waals surface area contributed by atoms with Crippen molar-refractivity contribution in [2.45, 2.75) is 12.8 Å². The van der Waals surface area contributed by atoms with Gasteiger partial charge >= 0.3 is 0 Å². The predicted molar refractivity (Wildman–Crippen MR) is 74.3 cm³/mol. The monoisotopic (exact) mass is 247 g/mol. The molecule has 1 aromatic carbocycles. The van der Waals surface area contributed by atoms with Crippen molar-refractivity contribution in [3.8, 4) is 0 Å². The number of nitrogens with two attached hydrogens (primary N) is 1. The molecule has 1 aliphatic rings. The quantitative estimate of drug-likeness (QED) is 0.630. The minimum Gasteiger partial charge on any atom is -0.384 e. The molecule has 0 bridgehead atoms. The molecule has 0 aromatic heterocycles. The number of nitrogen functional groups attached to an aromatic ring is 1. The van der Waals surface area contributed by atoms with Crippen molar-refractivity contribution in [1.29, 1.82) is 5.41 Å². The van der Waals surface area contributed by atoms with Crippen LogP contribution in [-0.4, -0.2) is 32.6 Å². The van der Waals surface area contributed by atoms with E-state index in [0.717, 1.165) is 43.9 Å². The zero-order valence-corrected chi connectivity index (χ0v) is 10.9. The molecule has 3 N–H and O–H groups in total. The molecule has 0 radical (unpaired) electrons. The second kappa shape index (κ2) is 5.87. The van der Waals surface area contributed by atoms with Gasteiger partial charge in [0.2, 0.25) is 0 Å². The van der Waals surface area contributed by atoms with E-state index < -0.39 is 0 Å². The number of hydrogen-bond donors (Lipinski definition) is 2. The van der Waals surface area contributed by atoms with Crippen LogP contribution in [-0.2, 0) is 4.74 Å². The van der Waals surface area contributed by atoms with Gasteiger partial charge in [-0.1, -0.05) is 12.1 Å². The third kappa shape index (κ3) is 3.01. The first-order chi connectivity index (χ1) is 8.68. The van der Waals surface area contributed by atoms with Crippen molar-refractivity contribution in [2.75, 3.05) is 31.7 Å². The maximum Gasteiger partial charge on any atom is 0.124 e. The van der Waals surface area contributed by atoms with Gasteiger partial charge in [0.15, 0.2) is 0 Å². The zero-order valence-electron chi connectivity index (χ0n) is 10.9. The van der Waals surface area contributed by atoms with Crippen LogP contribution in [0, 0.1) is 11.3 Å². The first-order valence-electron chi connectivity index (χ1n) is 6.41. The number of nitrogens with zero attached hydrogens (tertiary/aromatic N) is 1. The van der Waals surface area contributed by atoms with E-state index in [9.17, 15) is 0 Å². The molecule has 18 heavy (non-hydrogen) atoms. The van der Waals surface area contributed by atoms with Crippen LogP contribution in [0.25, 0.3) is 0 Å². The van der Waals surface area contributed by atoms with Crippen LogP contribution in [0.4, 0.5) is 5.69 Å². The largest absolute Gasteiger partial charge is 0.384 e. The molecular formula is C14H21N3O. The molecular weight excluding hydrogens is 226 g/mol. The molecule has 1 heterocycles. The van der Waals surface area contributed by atoms with Crippen molar-refractivity contribution >= 4 is 11.5 Å². The van der Waals surface area contributed by atoms with Crippen LogP contribution in [0.3, 0.4) is 0 Å². The summed E-state index contributed by atoms with van der Waals surface area (Å²) >= 11 is 0. The first kappa shape index (κ1) is 12.9. The Bertz CT molecular complexity index is 413. The summed E-state index contributed by atoms with van der Waals surface area (Å²) in [6, 6.07) is 7.83. The van der Waals surface area contributed by atoms with E-state index in [2.05, 4.69) is 11.9 Å². The van der Waals surface area contributed by atoms with E-state index in [4.69, 9.17) is 15.9 Å². The molecule has 1 saturated heterocycles. The fourth-order valence-corrected chi connectivity index (χ4v) is 2.45. The second-order valence-corrected chi connectivity index (χ2v) is 4.87. The summed E-state index contributed by atoms with van der Waals surface area (Å²) in [6.07, 6.45) is 2.24. The van der Waals surface area contributed by atoms with E-state index in [1.807, 2.05) is 24.3 Å². The highest BCUT2D eigenvalue weighted by atomic mass is 16.5. The van der Waals surface area contributed by atoms with Crippen molar-refractivity contribution < 1.29 is 4.74 Å². The molecule has 4 nitrogen and oxygen atoms in total. The molecule has 1 aliphatic heterocycles. The highest BCUT2D eigenvalue weighted by molar-refractivity contribution is 6.00. The topological polar surface area (TPSA) is 62.3 Å². The smallest absolute Gasteiger partial charge is 0.124 e. The molecule has 0 unspecified atom stereocenters. The predicted octanol–water partition coefficient (Wildman–Crippen LogP) is 1.83. The number of nitrogens with one attached hydrogen (secondary N) is 1. The molecule has 0 spiro atoms. The van der Waals surface area contributed by atoms with Crippen molar-refractivity contribution in [1.82, 2.24) is 0 Å². The number of amidine groups is 1. The van der Waals surface area contributed by atoms with E-state index in [1.165, 1.54) is 0 Å². The highest BCUT2D eigenvalue weighted by Gasteiger charge is 2.17. The lowest BCUT2D eigenvalue weighted by Gasteiger charge is -2.29. The van der Waals surface area contributed by atoms with Gasteiger partial charge in [0.1, 0.15) is 5.84 Å². The van der Waals surface area contributed by atoms with E-state index >= 15 is 0 Å². The fraction of sp³-hybridized carbons (Fsp3) is 0.500. The lowest BCUT2D eigenvalue weighted by Crippen LogP contribution is -2.31. The van der Waals surface area contributed by atoms with E-state index in [-0.39, 0.29) is 5.84 Å². The normalized spacial score (nSPS) is 16.5. The van der Waals surface area contributed by atoms with Crippen LogP contribution < -0.4 is 10.6 Å². The van der Waals surface area contributed by atoms with Crippen molar-refractivity contribution in [2.24, 2.45) is 11.7 Å². The molecule has 1 aromatic rings. The number of rotatable bonds is 4. The van der Waals surface area contributed by atoms with Gasteiger partial charge in [-0.15, -0.1) is 0 Å². The van der Waals surface area contributed by atoms with Crippen molar-refractivity contribution in [3.63, 3.8) is 0 Å². The minimum atomic E-state index is 0.129.